The van der Waals surface area contributed by atoms with Crippen molar-refractivity contribution in [3.8, 4) is 22.6 Å². The predicted molar refractivity (Wildman–Crippen MR) is 133 cm³/mol. The van der Waals surface area contributed by atoms with Gasteiger partial charge in [0.15, 0.2) is 5.79 Å². The number of hydrogen-bond donors (Lipinski definition) is 0. The van der Waals surface area contributed by atoms with Crippen molar-refractivity contribution < 1.29 is 23.7 Å². The number of aryl methyl sites for hydroxylation is 2. The van der Waals surface area contributed by atoms with E-state index in [2.05, 4.69) is 51.1 Å². The second kappa shape index (κ2) is 10.00. The van der Waals surface area contributed by atoms with Crippen molar-refractivity contribution in [2.24, 2.45) is 0 Å². The number of rotatable bonds is 8. The second-order valence-electron chi connectivity index (χ2n) is 9.26. The first-order chi connectivity index (χ1) is 16.3. The summed E-state index contributed by atoms with van der Waals surface area (Å²) < 4.78 is 23.5. The molecule has 5 heteroatoms. The van der Waals surface area contributed by atoms with Gasteiger partial charge in [0.1, 0.15) is 37.1 Å². The summed E-state index contributed by atoms with van der Waals surface area (Å²) in [4.78, 5) is 10.9. The lowest BCUT2D eigenvalue weighted by Gasteiger charge is -2.19. The van der Waals surface area contributed by atoms with Crippen molar-refractivity contribution >= 4 is 6.29 Å². The smallest absolute Gasteiger partial charge is 0.163 e. The summed E-state index contributed by atoms with van der Waals surface area (Å²) in [5, 5.41) is 0. The van der Waals surface area contributed by atoms with E-state index in [1.165, 1.54) is 16.7 Å². The molecule has 0 bridgehead atoms. The Bertz CT molecular complexity index is 1140. The molecular weight excluding hydrogens is 428 g/mol. The molecule has 0 N–H and O–H groups in total. The lowest BCUT2D eigenvalue weighted by Crippen LogP contribution is -2.25. The van der Waals surface area contributed by atoms with E-state index < -0.39 is 5.79 Å². The molecule has 34 heavy (non-hydrogen) atoms. The van der Waals surface area contributed by atoms with Crippen molar-refractivity contribution in [2.45, 2.75) is 53.1 Å². The summed E-state index contributed by atoms with van der Waals surface area (Å²) >= 11 is 0. The zero-order valence-corrected chi connectivity index (χ0v) is 20.5. The molecule has 1 saturated heterocycles. The summed E-state index contributed by atoms with van der Waals surface area (Å²) in [6, 6.07) is 17.6. The molecule has 0 saturated carbocycles. The van der Waals surface area contributed by atoms with Crippen molar-refractivity contribution in [3.63, 3.8) is 0 Å². The molecule has 178 valence electrons. The first-order valence-electron chi connectivity index (χ1n) is 11.6. The van der Waals surface area contributed by atoms with Gasteiger partial charge in [0.2, 0.25) is 0 Å². The van der Waals surface area contributed by atoms with Crippen LogP contribution in [0.1, 0.15) is 46.5 Å². The van der Waals surface area contributed by atoms with Gasteiger partial charge in [-0.2, -0.15) is 0 Å². The number of hydrogen-bond acceptors (Lipinski definition) is 5. The molecule has 1 atom stereocenters. The quantitative estimate of drug-likeness (QED) is 0.375. The highest BCUT2D eigenvalue weighted by atomic mass is 16.7. The first kappa shape index (κ1) is 24.0. The van der Waals surface area contributed by atoms with E-state index in [4.69, 9.17) is 18.9 Å². The van der Waals surface area contributed by atoms with E-state index in [0.717, 1.165) is 34.5 Å². The third-order valence-corrected chi connectivity index (χ3v) is 6.14. The molecule has 1 aliphatic rings. The molecule has 0 aromatic heterocycles. The van der Waals surface area contributed by atoms with Crippen LogP contribution in [0, 0.1) is 20.8 Å². The first-order valence-corrected chi connectivity index (χ1v) is 11.6. The van der Waals surface area contributed by atoms with Crippen molar-refractivity contribution in [3.05, 3.63) is 82.4 Å². The molecule has 1 heterocycles. The molecular formula is C29H32O5. The summed E-state index contributed by atoms with van der Waals surface area (Å²) in [7, 11) is 0. The van der Waals surface area contributed by atoms with Crippen LogP contribution >= 0.6 is 0 Å². The summed E-state index contributed by atoms with van der Waals surface area (Å²) in [5.41, 5.74) is 7.66. The predicted octanol–water partition coefficient (Wildman–Crippen LogP) is 6.20. The summed E-state index contributed by atoms with van der Waals surface area (Å²) in [6.07, 6.45) is 0.764. The second-order valence-corrected chi connectivity index (χ2v) is 9.26. The fraction of sp³-hybridized carbons (Fsp3) is 0.345. The number of carbonyl (C=O) groups excluding carboxylic acids is 1. The van der Waals surface area contributed by atoms with Gasteiger partial charge in [-0.15, -0.1) is 0 Å². The van der Waals surface area contributed by atoms with Gasteiger partial charge in [0, 0.05) is 5.56 Å². The van der Waals surface area contributed by atoms with E-state index in [1.807, 2.05) is 26.0 Å². The van der Waals surface area contributed by atoms with Gasteiger partial charge in [0.25, 0.3) is 0 Å². The minimum Gasteiger partial charge on any atom is -0.491 e. The highest BCUT2D eigenvalue weighted by molar-refractivity contribution is 5.76. The molecule has 3 aromatic rings. The van der Waals surface area contributed by atoms with Crippen LogP contribution in [0.2, 0.25) is 0 Å². The van der Waals surface area contributed by atoms with Gasteiger partial charge in [-0.05, 0) is 104 Å². The van der Waals surface area contributed by atoms with Gasteiger partial charge >= 0.3 is 0 Å². The van der Waals surface area contributed by atoms with E-state index in [-0.39, 0.29) is 6.10 Å². The maximum Gasteiger partial charge on any atom is 0.163 e. The van der Waals surface area contributed by atoms with E-state index in [9.17, 15) is 4.79 Å². The van der Waals surface area contributed by atoms with Gasteiger partial charge in [-0.3, -0.25) is 4.79 Å². The number of ether oxygens (including phenoxy) is 4. The highest BCUT2D eigenvalue weighted by Crippen LogP contribution is 2.35. The zero-order chi connectivity index (χ0) is 24.3. The van der Waals surface area contributed by atoms with Crippen molar-refractivity contribution in [1.82, 2.24) is 0 Å². The van der Waals surface area contributed by atoms with Gasteiger partial charge in [-0.1, -0.05) is 18.2 Å². The van der Waals surface area contributed by atoms with Crippen LogP contribution in [0.3, 0.4) is 0 Å². The van der Waals surface area contributed by atoms with Crippen LogP contribution in [0.4, 0.5) is 0 Å². The molecule has 3 aromatic carbocycles. The number of aldehydes is 1. The minimum atomic E-state index is -0.547. The molecule has 0 amide bonds. The summed E-state index contributed by atoms with van der Waals surface area (Å²) in [6.45, 7) is 11.7. The lowest BCUT2D eigenvalue weighted by atomic mass is 9.90. The molecule has 5 nitrogen and oxygen atoms in total. The molecule has 1 fully saturated rings. The topological polar surface area (TPSA) is 54.0 Å². The third kappa shape index (κ3) is 5.49. The SMILES string of the molecule is Cc1cc(OCC2COC(C)(C)O2)cc(C)c1-c1cccc(COc2ccc(C=O)cc2)c1C. The molecule has 1 unspecified atom stereocenters. The summed E-state index contributed by atoms with van der Waals surface area (Å²) in [5.74, 6) is 1.03. The van der Waals surface area contributed by atoms with Gasteiger partial charge < -0.3 is 18.9 Å². The number of carbonyl (C=O) groups is 1. The fourth-order valence-corrected chi connectivity index (χ4v) is 4.38. The monoisotopic (exact) mass is 460 g/mol. The van der Waals surface area contributed by atoms with E-state index >= 15 is 0 Å². The highest BCUT2D eigenvalue weighted by Gasteiger charge is 2.33. The van der Waals surface area contributed by atoms with E-state index in [1.54, 1.807) is 12.1 Å². The Balaban J connectivity index is 1.49. The third-order valence-electron chi connectivity index (χ3n) is 6.14. The van der Waals surface area contributed by atoms with Crippen LogP contribution < -0.4 is 9.47 Å². The van der Waals surface area contributed by atoms with Crippen LogP contribution in [0.5, 0.6) is 11.5 Å². The zero-order valence-electron chi connectivity index (χ0n) is 20.5. The molecule has 1 aliphatic heterocycles. The number of benzene rings is 3. The van der Waals surface area contributed by atoms with Crippen LogP contribution in [0.25, 0.3) is 11.1 Å². The Morgan fingerprint density at radius 2 is 1.68 bits per heavy atom. The molecule has 0 radical (unpaired) electrons. The normalized spacial score (nSPS) is 16.9. The lowest BCUT2D eigenvalue weighted by molar-refractivity contribution is -0.141. The largest absolute Gasteiger partial charge is 0.491 e. The Morgan fingerprint density at radius 3 is 2.29 bits per heavy atom. The minimum absolute atomic E-state index is 0.0659. The molecule has 0 spiro atoms. The van der Waals surface area contributed by atoms with Crippen LogP contribution in [-0.4, -0.2) is 31.4 Å². The average molecular weight is 461 g/mol. The fourth-order valence-electron chi connectivity index (χ4n) is 4.38. The van der Waals surface area contributed by atoms with Crippen molar-refractivity contribution in [2.75, 3.05) is 13.2 Å². The Kier molecular flexibility index (Phi) is 7.05. The molecule has 0 aliphatic carbocycles. The Labute approximate surface area is 201 Å². The Hall–Kier alpha value is -3.15. The van der Waals surface area contributed by atoms with Gasteiger partial charge in [-0.25, -0.2) is 0 Å². The van der Waals surface area contributed by atoms with E-state index in [0.29, 0.717) is 25.4 Å². The maximum atomic E-state index is 10.9. The van der Waals surface area contributed by atoms with Crippen molar-refractivity contribution in [1.29, 1.82) is 0 Å². The molecule has 4 rings (SSSR count). The Morgan fingerprint density at radius 1 is 0.971 bits per heavy atom. The average Bonchev–Trinajstić information content (AvgIpc) is 3.16. The van der Waals surface area contributed by atoms with Crippen LogP contribution in [-0.2, 0) is 16.1 Å². The van der Waals surface area contributed by atoms with Gasteiger partial charge in [0.05, 0.1) is 6.61 Å². The maximum absolute atomic E-state index is 10.9. The van der Waals surface area contributed by atoms with Crippen LogP contribution in [0.15, 0.2) is 54.6 Å². The standard InChI is InChI=1S/C29H32O5/c1-19-13-25(32-17-26-18-33-29(4,5)34-26)14-20(2)28(19)27-8-6-7-23(21(27)3)16-31-24-11-9-22(15-30)10-12-24/h6-15,26H,16-18H2,1-5H3.